The first-order valence-electron chi connectivity index (χ1n) is 6.08. The Kier molecular flexibility index (Phi) is 4.29. The molecule has 0 amide bonds. The maximum atomic E-state index is 6.02. The molecule has 6 heteroatoms. The largest absolute Gasteiger partial charge is 0.489 e. The number of methoxy groups -OCH3 is 1. The van der Waals surface area contributed by atoms with E-state index in [1.54, 1.807) is 14.2 Å². The highest BCUT2D eigenvalue weighted by Gasteiger charge is 2.15. The van der Waals surface area contributed by atoms with Crippen LogP contribution in [0.5, 0.6) is 17.4 Å². The van der Waals surface area contributed by atoms with E-state index in [1.165, 1.54) is 6.33 Å². The highest BCUT2D eigenvalue weighted by molar-refractivity contribution is 6.30. The zero-order valence-corrected chi connectivity index (χ0v) is 12.6. The number of hydrogen-bond donors (Lipinski definition) is 1. The van der Waals surface area contributed by atoms with Crippen LogP contribution in [0.25, 0.3) is 0 Å². The van der Waals surface area contributed by atoms with Gasteiger partial charge in [0.15, 0.2) is 5.82 Å². The molecule has 1 aromatic carbocycles. The normalized spacial score (nSPS) is 10.2. The van der Waals surface area contributed by atoms with E-state index in [1.807, 2.05) is 26.0 Å². The van der Waals surface area contributed by atoms with Crippen molar-refractivity contribution in [3.63, 3.8) is 0 Å². The van der Waals surface area contributed by atoms with Gasteiger partial charge in [0.25, 0.3) is 5.88 Å². The predicted molar refractivity (Wildman–Crippen MR) is 79.1 cm³/mol. The standard InChI is InChI=1S/C14H16ClN3O2/c1-8-5-10(15)6-9(2)11(8)20-14-12(19-4)13(16-3)17-7-18-14/h5-7H,1-4H3,(H,16,17,18). The third-order valence-electron chi connectivity index (χ3n) is 2.84. The summed E-state index contributed by atoms with van der Waals surface area (Å²) in [5.74, 6) is 2.11. The minimum Gasteiger partial charge on any atom is -0.489 e. The summed E-state index contributed by atoms with van der Waals surface area (Å²) >= 11 is 6.02. The van der Waals surface area contributed by atoms with E-state index < -0.39 is 0 Å². The molecule has 2 aromatic rings. The average Bonchev–Trinajstić information content (AvgIpc) is 2.42. The second-order valence-electron chi connectivity index (χ2n) is 4.28. The Morgan fingerprint density at radius 3 is 2.30 bits per heavy atom. The van der Waals surface area contributed by atoms with Crippen LogP contribution in [-0.2, 0) is 0 Å². The molecule has 0 spiro atoms. The molecule has 0 aliphatic heterocycles. The van der Waals surface area contributed by atoms with Crippen molar-refractivity contribution < 1.29 is 9.47 Å². The van der Waals surface area contributed by atoms with Crippen molar-refractivity contribution in [2.75, 3.05) is 19.5 Å². The molecule has 2 rings (SSSR count). The lowest BCUT2D eigenvalue weighted by molar-refractivity contribution is 0.367. The molecule has 0 aliphatic carbocycles. The van der Waals surface area contributed by atoms with Crippen molar-refractivity contribution in [3.8, 4) is 17.4 Å². The van der Waals surface area contributed by atoms with Gasteiger partial charge >= 0.3 is 0 Å². The fourth-order valence-corrected chi connectivity index (χ4v) is 2.27. The van der Waals surface area contributed by atoms with Crippen molar-refractivity contribution >= 4 is 17.4 Å². The molecule has 0 atom stereocenters. The SMILES string of the molecule is CNc1ncnc(Oc2c(C)cc(Cl)cc2C)c1OC. The fourth-order valence-electron chi connectivity index (χ4n) is 1.95. The summed E-state index contributed by atoms with van der Waals surface area (Å²) in [6.07, 6.45) is 1.42. The van der Waals surface area contributed by atoms with Gasteiger partial charge in [-0.15, -0.1) is 0 Å². The van der Waals surface area contributed by atoms with Crippen LogP contribution in [0, 0.1) is 13.8 Å². The average molecular weight is 294 g/mol. The van der Waals surface area contributed by atoms with E-state index in [4.69, 9.17) is 21.1 Å². The minimum atomic E-state index is 0.361. The Morgan fingerprint density at radius 1 is 1.10 bits per heavy atom. The van der Waals surface area contributed by atoms with E-state index in [-0.39, 0.29) is 0 Å². The van der Waals surface area contributed by atoms with Gasteiger partial charge in [-0.2, -0.15) is 4.98 Å². The summed E-state index contributed by atoms with van der Waals surface area (Å²) in [4.78, 5) is 8.21. The topological polar surface area (TPSA) is 56.3 Å². The van der Waals surface area contributed by atoms with Crippen LogP contribution in [0.1, 0.15) is 11.1 Å². The van der Waals surface area contributed by atoms with Gasteiger partial charge in [-0.1, -0.05) is 11.6 Å². The number of aryl methyl sites for hydroxylation is 2. The summed E-state index contributed by atoms with van der Waals surface area (Å²) in [7, 11) is 3.31. The van der Waals surface area contributed by atoms with Gasteiger partial charge < -0.3 is 14.8 Å². The number of aromatic nitrogens is 2. The molecule has 1 heterocycles. The lowest BCUT2D eigenvalue weighted by Gasteiger charge is -2.15. The minimum absolute atomic E-state index is 0.361. The number of nitrogens with zero attached hydrogens (tertiary/aromatic N) is 2. The maximum absolute atomic E-state index is 6.02. The van der Waals surface area contributed by atoms with Crippen LogP contribution in [0.15, 0.2) is 18.5 Å². The molecule has 0 fully saturated rings. The van der Waals surface area contributed by atoms with Gasteiger partial charge in [-0.25, -0.2) is 4.98 Å². The van der Waals surface area contributed by atoms with Crippen LogP contribution in [0.2, 0.25) is 5.02 Å². The summed E-state index contributed by atoms with van der Waals surface area (Å²) in [6.45, 7) is 3.86. The summed E-state index contributed by atoms with van der Waals surface area (Å²) < 4.78 is 11.2. The first-order valence-corrected chi connectivity index (χ1v) is 6.46. The quantitative estimate of drug-likeness (QED) is 0.933. The van der Waals surface area contributed by atoms with Crippen molar-refractivity contribution in [1.29, 1.82) is 0 Å². The van der Waals surface area contributed by atoms with Crippen molar-refractivity contribution in [2.24, 2.45) is 0 Å². The lowest BCUT2D eigenvalue weighted by Crippen LogP contribution is -2.02. The van der Waals surface area contributed by atoms with E-state index in [9.17, 15) is 0 Å². The fraction of sp³-hybridized carbons (Fsp3) is 0.286. The summed E-state index contributed by atoms with van der Waals surface area (Å²) in [5.41, 5.74) is 1.86. The molecule has 0 aliphatic rings. The van der Waals surface area contributed by atoms with Gasteiger partial charge in [0.1, 0.15) is 12.1 Å². The maximum Gasteiger partial charge on any atom is 0.268 e. The predicted octanol–water partition coefficient (Wildman–Crippen LogP) is 3.59. The first kappa shape index (κ1) is 14.4. The zero-order valence-electron chi connectivity index (χ0n) is 11.8. The van der Waals surface area contributed by atoms with Gasteiger partial charge in [-0.3, -0.25) is 0 Å². The zero-order chi connectivity index (χ0) is 14.7. The first-order chi connectivity index (χ1) is 9.56. The van der Waals surface area contributed by atoms with E-state index in [0.29, 0.717) is 28.2 Å². The van der Waals surface area contributed by atoms with E-state index >= 15 is 0 Å². The second-order valence-corrected chi connectivity index (χ2v) is 4.72. The van der Waals surface area contributed by atoms with Gasteiger partial charge in [0.05, 0.1) is 7.11 Å². The highest BCUT2D eigenvalue weighted by Crippen LogP contribution is 2.37. The lowest BCUT2D eigenvalue weighted by atomic mass is 10.1. The molecular formula is C14H16ClN3O2. The van der Waals surface area contributed by atoms with Crippen molar-refractivity contribution in [2.45, 2.75) is 13.8 Å². The van der Waals surface area contributed by atoms with Crippen LogP contribution in [0.4, 0.5) is 5.82 Å². The molecule has 0 saturated heterocycles. The van der Waals surface area contributed by atoms with Crippen LogP contribution < -0.4 is 14.8 Å². The molecule has 0 radical (unpaired) electrons. The third-order valence-corrected chi connectivity index (χ3v) is 3.05. The Bertz CT molecular complexity index is 609. The number of halogens is 1. The Labute approximate surface area is 122 Å². The van der Waals surface area contributed by atoms with E-state index in [2.05, 4.69) is 15.3 Å². The number of hydrogen-bond acceptors (Lipinski definition) is 5. The number of ether oxygens (including phenoxy) is 2. The number of benzene rings is 1. The van der Waals surface area contributed by atoms with E-state index in [0.717, 1.165) is 11.1 Å². The molecule has 20 heavy (non-hydrogen) atoms. The van der Waals surface area contributed by atoms with Crippen LogP contribution in [-0.4, -0.2) is 24.1 Å². The Hall–Kier alpha value is -2.01. The summed E-state index contributed by atoms with van der Waals surface area (Å²) in [5, 5.41) is 3.61. The van der Waals surface area contributed by atoms with Crippen molar-refractivity contribution in [1.82, 2.24) is 9.97 Å². The summed E-state index contributed by atoms with van der Waals surface area (Å²) in [6, 6.07) is 3.69. The molecular weight excluding hydrogens is 278 g/mol. The van der Waals surface area contributed by atoms with Gasteiger partial charge in [-0.05, 0) is 37.1 Å². The molecule has 106 valence electrons. The molecule has 0 bridgehead atoms. The molecule has 1 aromatic heterocycles. The van der Waals surface area contributed by atoms with Gasteiger partial charge in [0.2, 0.25) is 5.75 Å². The Balaban J connectivity index is 2.45. The van der Waals surface area contributed by atoms with Crippen LogP contribution >= 0.6 is 11.6 Å². The third kappa shape index (κ3) is 2.77. The number of anilines is 1. The monoisotopic (exact) mass is 293 g/mol. The second kappa shape index (κ2) is 5.96. The number of nitrogens with one attached hydrogen (secondary N) is 1. The van der Waals surface area contributed by atoms with Crippen molar-refractivity contribution in [3.05, 3.63) is 34.6 Å². The number of rotatable bonds is 4. The molecule has 0 saturated carbocycles. The Morgan fingerprint density at radius 2 is 1.75 bits per heavy atom. The van der Waals surface area contributed by atoms with Crippen LogP contribution in [0.3, 0.4) is 0 Å². The molecule has 5 nitrogen and oxygen atoms in total. The smallest absolute Gasteiger partial charge is 0.268 e. The molecule has 1 N–H and O–H groups in total. The highest BCUT2D eigenvalue weighted by atomic mass is 35.5. The van der Waals surface area contributed by atoms with Gasteiger partial charge in [0, 0.05) is 12.1 Å². The molecule has 0 unspecified atom stereocenters.